The first kappa shape index (κ1) is 13.1. The zero-order chi connectivity index (χ0) is 13.8. The molecule has 0 aliphatic carbocycles. The summed E-state index contributed by atoms with van der Waals surface area (Å²) in [4.78, 5) is 12.1. The maximum Gasteiger partial charge on any atom is 0.226 e. The van der Waals surface area contributed by atoms with Gasteiger partial charge in [-0.3, -0.25) is 4.79 Å². The molecule has 2 heterocycles. The number of rotatable bonds is 3. The Morgan fingerprint density at radius 1 is 1.35 bits per heavy atom. The minimum atomic E-state index is 0.0240. The molecule has 5 nitrogen and oxygen atoms in total. The van der Waals surface area contributed by atoms with Crippen molar-refractivity contribution in [3.8, 4) is 0 Å². The van der Waals surface area contributed by atoms with E-state index in [9.17, 15) is 4.79 Å². The molecule has 1 aliphatic heterocycles. The summed E-state index contributed by atoms with van der Waals surface area (Å²) < 4.78 is 5.22. The number of carbonyl (C=O) groups excluding carboxylic acids is 1. The fraction of sp³-hybridized carbons (Fsp3) is 0.467. The normalized spacial score (nSPS) is 19.7. The van der Waals surface area contributed by atoms with Crippen LogP contribution >= 0.6 is 0 Å². The van der Waals surface area contributed by atoms with Gasteiger partial charge < -0.3 is 15.2 Å². The number of nitrogens with one attached hydrogen (secondary N) is 2. The molecule has 0 saturated carbocycles. The van der Waals surface area contributed by atoms with Crippen molar-refractivity contribution in [3.63, 3.8) is 0 Å². The lowest BCUT2D eigenvalue weighted by Crippen LogP contribution is -2.36. The number of benzene rings is 1. The van der Waals surface area contributed by atoms with E-state index in [-0.39, 0.29) is 18.4 Å². The summed E-state index contributed by atoms with van der Waals surface area (Å²) in [6.45, 7) is 2.01. The third kappa shape index (κ3) is 2.99. The highest BCUT2D eigenvalue weighted by Crippen LogP contribution is 2.18. The number of carbonyl (C=O) groups is 1. The van der Waals surface area contributed by atoms with Crippen LogP contribution in [0.25, 0.3) is 11.0 Å². The first-order chi connectivity index (χ1) is 9.83. The van der Waals surface area contributed by atoms with E-state index >= 15 is 0 Å². The van der Waals surface area contributed by atoms with Gasteiger partial charge in [-0.15, -0.1) is 0 Å². The smallest absolute Gasteiger partial charge is 0.226 e. The van der Waals surface area contributed by atoms with E-state index < -0.39 is 0 Å². The zero-order valence-corrected chi connectivity index (χ0v) is 11.4. The maximum absolute atomic E-state index is 12.1. The van der Waals surface area contributed by atoms with E-state index in [4.69, 9.17) is 4.52 Å². The molecule has 0 radical (unpaired) electrons. The van der Waals surface area contributed by atoms with E-state index in [1.54, 1.807) is 0 Å². The molecule has 106 valence electrons. The van der Waals surface area contributed by atoms with Crippen molar-refractivity contribution in [1.82, 2.24) is 15.8 Å². The van der Waals surface area contributed by atoms with Crippen LogP contribution in [0.2, 0.25) is 0 Å². The predicted octanol–water partition coefficient (Wildman–Crippen LogP) is 1.63. The van der Waals surface area contributed by atoms with Crippen molar-refractivity contribution in [2.24, 2.45) is 0 Å². The summed E-state index contributed by atoms with van der Waals surface area (Å²) in [6.07, 6.45) is 3.42. The van der Waals surface area contributed by atoms with Crippen LogP contribution < -0.4 is 10.6 Å². The largest absolute Gasteiger partial charge is 0.356 e. The van der Waals surface area contributed by atoms with Crippen molar-refractivity contribution in [3.05, 3.63) is 30.0 Å². The van der Waals surface area contributed by atoms with Gasteiger partial charge in [-0.2, -0.15) is 0 Å². The van der Waals surface area contributed by atoms with Crippen LogP contribution in [0.3, 0.4) is 0 Å². The molecule has 3 rings (SSSR count). The average Bonchev–Trinajstić information content (AvgIpc) is 2.68. The second-order valence-corrected chi connectivity index (χ2v) is 5.25. The number of aromatic nitrogens is 1. The Labute approximate surface area is 117 Å². The third-order valence-corrected chi connectivity index (χ3v) is 3.72. The minimum absolute atomic E-state index is 0.0240. The van der Waals surface area contributed by atoms with Crippen LogP contribution in [0.5, 0.6) is 0 Å². The highest BCUT2D eigenvalue weighted by atomic mass is 16.5. The molecule has 1 saturated heterocycles. The van der Waals surface area contributed by atoms with Gasteiger partial charge in [0, 0.05) is 11.4 Å². The SMILES string of the molecule is O=C(Cc1noc2ccccc12)NC1CCCNCC1. The number of amides is 1. The Morgan fingerprint density at radius 3 is 3.20 bits per heavy atom. The Hall–Kier alpha value is -1.88. The predicted molar refractivity (Wildman–Crippen MR) is 76.4 cm³/mol. The molecule has 2 aromatic rings. The molecular weight excluding hydrogens is 254 g/mol. The summed E-state index contributed by atoms with van der Waals surface area (Å²) in [5, 5.41) is 11.4. The molecular formula is C15H19N3O2. The van der Waals surface area contributed by atoms with Crippen LogP contribution in [-0.2, 0) is 11.2 Å². The van der Waals surface area contributed by atoms with Crippen LogP contribution in [0.4, 0.5) is 0 Å². The van der Waals surface area contributed by atoms with Crippen molar-refractivity contribution >= 4 is 16.9 Å². The molecule has 0 bridgehead atoms. The van der Waals surface area contributed by atoms with Crippen LogP contribution in [0, 0.1) is 0 Å². The number of hydrogen-bond donors (Lipinski definition) is 2. The van der Waals surface area contributed by atoms with Gasteiger partial charge in [-0.05, 0) is 44.5 Å². The maximum atomic E-state index is 12.1. The fourth-order valence-electron chi connectivity index (χ4n) is 2.66. The third-order valence-electron chi connectivity index (χ3n) is 3.72. The lowest BCUT2D eigenvalue weighted by molar-refractivity contribution is -0.121. The summed E-state index contributed by atoms with van der Waals surface area (Å²) in [6, 6.07) is 7.90. The summed E-state index contributed by atoms with van der Waals surface area (Å²) in [5.41, 5.74) is 1.44. The standard InChI is InChI=1S/C15H19N3O2/c19-15(17-11-4-3-8-16-9-7-11)10-13-12-5-1-2-6-14(12)20-18-13/h1-2,5-6,11,16H,3-4,7-10H2,(H,17,19). The fourth-order valence-corrected chi connectivity index (χ4v) is 2.66. The Bertz CT molecular complexity index is 586. The van der Waals surface area contributed by atoms with Gasteiger partial charge in [-0.1, -0.05) is 17.3 Å². The van der Waals surface area contributed by atoms with E-state index in [1.165, 1.54) is 0 Å². The number of nitrogens with zero attached hydrogens (tertiary/aromatic N) is 1. The molecule has 0 spiro atoms. The molecule has 1 unspecified atom stereocenters. The van der Waals surface area contributed by atoms with E-state index in [0.717, 1.165) is 43.3 Å². The van der Waals surface area contributed by atoms with Crippen molar-refractivity contribution in [2.75, 3.05) is 13.1 Å². The number of fused-ring (bicyclic) bond motifs is 1. The minimum Gasteiger partial charge on any atom is -0.356 e. The Morgan fingerprint density at radius 2 is 2.25 bits per heavy atom. The first-order valence-corrected chi connectivity index (χ1v) is 7.16. The van der Waals surface area contributed by atoms with E-state index in [2.05, 4.69) is 15.8 Å². The van der Waals surface area contributed by atoms with Gasteiger partial charge >= 0.3 is 0 Å². The molecule has 1 aliphatic rings. The Kier molecular flexibility index (Phi) is 3.97. The monoisotopic (exact) mass is 273 g/mol. The lowest BCUT2D eigenvalue weighted by Gasteiger charge is -2.15. The average molecular weight is 273 g/mol. The highest BCUT2D eigenvalue weighted by molar-refractivity contribution is 5.86. The second kappa shape index (κ2) is 6.05. The molecule has 1 atom stereocenters. The molecule has 1 fully saturated rings. The first-order valence-electron chi connectivity index (χ1n) is 7.16. The van der Waals surface area contributed by atoms with Crippen LogP contribution in [0.1, 0.15) is 25.0 Å². The molecule has 20 heavy (non-hydrogen) atoms. The van der Waals surface area contributed by atoms with E-state index in [1.807, 2.05) is 24.3 Å². The van der Waals surface area contributed by atoms with Gasteiger partial charge in [-0.25, -0.2) is 0 Å². The van der Waals surface area contributed by atoms with Gasteiger partial charge in [0.05, 0.1) is 6.42 Å². The van der Waals surface area contributed by atoms with Crippen molar-refractivity contribution in [2.45, 2.75) is 31.7 Å². The van der Waals surface area contributed by atoms with Crippen LogP contribution in [0.15, 0.2) is 28.8 Å². The van der Waals surface area contributed by atoms with E-state index in [0.29, 0.717) is 5.69 Å². The van der Waals surface area contributed by atoms with Gasteiger partial charge in [0.15, 0.2) is 5.58 Å². The highest BCUT2D eigenvalue weighted by Gasteiger charge is 2.17. The summed E-state index contributed by atoms with van der Waals surface area (Å²) in [5.74, 6) is 0.0240. The van der Waals surface area contributed by atoms with Crippen molar-refractivity contribution < 1.29 is 9.32 Å². The quantitative estimate of drug-likeness (QED) is 0.892. The number of para-hydroxylation sites is 1. The van der Waals surface area contributed by atoms with Crippen LogP contribution in [-0.4, -0.2) is 30.2 Å². The molecule has 1 aromatic carbocycles. The topological polar surface area (TPSA) is 67.2 Å². The molecule has 2 N–H and O–H groups in total. The van der Waals surface area contributed by atoms with Gasteiger partial charge in [0.25, 0.3) is 0 Å². The van der Waals surface area contributed by atoms with Gasteiger partial charge in [0.2, 0.25) is 5.91 Å². The zero-order valence-electron chi connectivity index (χ0n) is 11.4. The second-order valence-electron chi connectivity index (χ2n) is 5.25. The van der Waals surface area contributed by atoms with Gasteiger partial charge in [0.1, 0.15) is 5.69 Å². The molecule has 1 amide bonds. The number of hydrogen-bond acceptors (Lipinski definition) is 4. The Balaban J connectivity index is 1.63. The summed E-state index contributed by atoms with van der Waals surface area (Å²) >= 11 is 0. The summed E-state index contributed by atoms with van der Waals surface area (Å²) in [7, 11) is 0. The molecule has 5 heteroatoms. The van der Waals surface area contributed by atoms with Crippen molar-refractivity contribution in [1.29, 1.82) is 0 Å². The lowest BCUT2D eigenvalue weighted by atomic mass is 10.1. The molecule has 1 aromatic heterocycles.